The van der Waals surface area contributed by atoms with Gasteiger partial charge in [-0.2, -0.15) is 0 Å². The van der Waals surface area contributed by atoms with Gasteiger partial charge in [-0.1, -0.05) is 51.1 Å². The number of carbonyl (C=O) groups is 1. The highest BCUT2D eigenvalue weighted by molar-refractivity contribution is 6.06. The zero-order chi connectivity index (χ0) is 20.6. The van der Waals surface area contributed by atoms with Crippen molar-refractivity contribution < 1.29 is 4.79 Å². The Hall–Kier alpha value is -3.21. The minimum Gasteiger partial charge on any atom is -0.324 e. The number of carbonyl (C=O) groups excluding carboxylic acids is 1. The number of aromatic nitrogens is 2. The number of hydrogen-bond donors (Lipinski definition) is 1. The molecule has 0 bridgehead atoms. The number of nitrogens with one attached hydrogen (secondary N) is 1. The molecular formula is C24H26N4O. The number of benzene rings is 2. The third-order valence-corrected chi connectivity index (χ3v) is 5.21. The van der Waals surface area contributed by atoms with Crippen molar-refractivity contribution >= 4 is 23.2 Å². The number of fused-ring (bicyclic) bond motifs is 1. The summed E-state index contributed by atoms with van der Waals surface area (Å²) in [5.74, 6) is 0.343. The van der Waals surface area contributed by atoms with Crippen LogP contribution in [0.1, 0.15) is 48.1 Å². The van der Waals surface area contributed by atoms with Gasteiger partial charge < -0.3 is 10.2 Å². The number of anilines is 3. The number of hydrogen-bond acceptors (Lipinski definition) is 4. The van der Waals surface area contributed by atoms with Crippen LogP contribution in [0.2, 0.25) is 0 Å². The van der Waals surface area contributed by atoms with E-state index in [9.17, 15) is 4.79 Å². The quantitative estimate of drug-likeness (QED) is 0.686. The number of amides is 1. The predicted octanol–water partition coefficient (Wildman–Crippen LogP) is 5.03. The molecule has 148 valence electrons. The first-order valence-electron chi connectivity index (χ1n) is 9.94. The monoisotopic (exact) mass is 386 g/mol. The average molecular weight is 386 g/mol. The fourth-order valence-electron chi connectivity index (χ4n) is 3.60. The van der Waals surface area contributed by atoms with Crippen molar-refractivity contribution in [1.29, 1.82) is 0 Å². The maximum atomic E-state index is 13.1. The van der Waals surface area contributed by atoms with Crippen molar-refractivity contribution in [3.05, 3.63) is 77.1 Å². The lowest BCUT2D eigenvalue weighted by Crippen LogP contribution is -2.30. The van der Waals surface area contributed by atoms with Crippen LogP contribution < -0.4 is 10.2 Å². The van der Waals surface area contributed by atoms with Crippen LogP contribution in [-0.2, 0) is 11.8 Å². The van der Waals surface area contributed by atoms with Gasteiger partial charge in [-0.3, -0.25) is 4.79 Å². The minimum absolute atomic E-state index is 0.0911. The fourth-order valence-corrected chi connectivity index (χ4v) is 3.60. The van der Waals surface area contributed by atoms with Gasteiger partial charge in [-0.05, 0) is 54.2 Å². The van der Waals surface area contributed by atoms with Crippen LogP contribution in [0.15, 0.2) is 54.6 Å². The van der Waals surface area contributed by atoms with E-state index in [0.717, 1.165) is 23.5 Å². The van der Waals surface area contributed by atoms with Gasteiger partial charge in [0.25, 0.3) is 5.91 Å². The second-order valence-electron chi connectivity index (χ2n) is 8.51. The van der Waals surface area contributed by atoms with Crippen LogP contribution in [0.4, 0.5) is 17.3 Å². The molecular weight excluding hydrogens is 360 g/mol. The van der Waals surface area contributed by atoms with Crippen molar-refractivity contribution in [3.63, 3.8) is 0 Å². The zero-order valence-electron chi connectivity index (χ0n) is 17.4. The highest BCUT2D eigenvalue weighted by atomic mass is 16.2. The molecule has 0 atom stereocenters. The van der Waals surface area contributed by atoms with E-state index in [-0.39, 0.29) is 11.3 Å². The molecule has 1 amide bonds. The van der Waals surface area contributed by atoms with E-state index in [0.29, 0.717) is 18.2 Å². The van der Waals surface area contributed by atoms with Crippen molar-refractivity contribution in [3.8, 4) is 0 Å². The third kappa shape index (κ3) is 3.99. The van der Waals surface area contributed by atoms with Crippen LogP contribution in [0, 0.1) is 6.92 Å². The molecule has 2 aromatic carbocycles. The fraction of sp³-hybridized carbons (Fsp3) is 0.292. The standard InChI is InChI=1S/C24H26N4O/c1-16-15-20(22(29)28-14-13-17-7-5-6-8-21(17)28)27-23(25-16)26-19-11-9-18(10-12-19)24(2,3)4/h5-12,15H,13-14H2,1-4H3,(H,25,26,27). The Balaban J connectivity index is 1.58. The second-order valence-corrected chi connectivity index (χ2v) is 8.51. The maximum absolute atomic E-state index is 13.1. The highest BCUT2D eigenvalue weighted by Gasteiger charge is 2.26. The number of nitrogens with zero attached hydrogens (tertiary/aromatic N) is 3. The molecule has 1 aliphatic rings. The van der Waals surface area contributed by atoms with Gasteiger partial charge >= 0.3 is 0 Å². The van der Waals surface area contributed by atoms with E-state index in [4.69, 9.17) is 0 Å². The smallest absolute Gasteiger partial charge is 0.277 e. The number of para-hydroxylation sites is 1. The lowest BCUT2D eigenvalue weighted by atomic mass is 9.87. The molecule has 1 aromatic heterocycles. The van der Waals surface area contributed by atoms with Gasteiger partial charge in [0.15, 0.2) is 0 Å². The lowest BCUT2D eigenvalue weighted by Gasteiger charge is -2.19. The number of rotatable bonds is 3. The normalized spacial score (nSPS) is 13.3. The summed E-state index contributed by atoms with van der Waals surface area (Å²) in [6.07, 6.45) is 0.872. The Kier molecular flexibility index (Phi) is 4.82. The van der Waals surface area contributed by atoms with Crippen LogP contribution >= 0.6 is 0 Å². The van der Waals surface area contributed by atoms with Gasteiger partial charge in [-0.25, -0.2) is 9.97 Å². The van der Waals surface area contributed by atoms with Crippen molar-refractivity contribution in [2.45, 2.75) is 39.5 Å². The Morgan fingerprint density at radius 1 is 1.03 bits per heavy atom. The molecule has 0 aliphatic carbocycles. The van der Waals surface area contributed by atoms with Gasteiger partial charge in [0, 0.05) is 23.6 Å². The molecule has 0 radical (unpaired) electrons. The molecule has 0 fully saturated rings. The summed E-state index contributed by atoms with van der Waals surface area (Å²) < 4.78 is 0. The predicted molar refractivity (Wildman–Crippen MR) is 117 cm³/mol. The van der Waals surface area contributed by atoms with E-state index in [1.54, 1.807) is 11.0 Å². The van der Waals surface area contributed by atoms with Crippen LogP contribution in [0.5, 0.6) is 0 Å². The summed E-state index contributed by atoms with van der Waals surface area (Å²) in [5.41, 5.74) is 5.59. The van der Waals surface area contributed by atoms with Gasteiger partial charge in [0.05, 0.1) is 0 Å². The average Bonchev–Trinajstić information content (AvgIpc) is 3.11. The zero-order valence-corrected chi connectivity index (χ0v) is 17.4. The SMILES string of the molecule is Cc1cc(C(=O)N2CCc3ccccc32)nc(Nc2ccc(C(C)(C)C)cc2)n1. The molecule has 1 aliphatic heterocycles. The first kappa shape index (κ1) is 19.1. The van der Waals surface area contributed by atoms with Crippen molar-refractivity contribution in [2.75, 3.05) is 16.8 Å². The van der Waals surface area contributed by atoms with E-state index in [1.165, 1.54) is 11.1 Å². The molecule has 1 N–H and O–H groups in total. The summed E-state index contributed by atoms with van der Waals surface area (Å²) in [5, 5.41) is 3.24. The molecule has 29 heavy (non-hydrogen) atoms. The summed E-state index contributed by atoms with van der Waals surface area (Å²) in [6.45, 7) is 9.12. The molecule has 4 rings (SSSR count). The summed E-state index contributed by atoms with van der Waals surface area (Å²) in [4.78, 5) is 23.9. The topological polar surface area (TPSA) is 58.1 Å². The molecule has 0 unspecified atom stereocenters. The second kappa shape index (κ2) is 7.32. The van der Waals surface area contributed by atoms with E-state index < -0.39 is 0 Å². The lowest BCUT2D eigenvalue weighted by molar-refractivity contribution is 0.0984. The number of aryl methyl sites for hydroxylation is 1. The van der Waals surface area contributed by atoms with Gasteiger partial charge in [0.2, 0.25) is 5.95 Å². The summed E-state index contributed by atoms with van der Waals surface area (Å²) >= 11 is 0. The molecule has 0 saturated heterocycles. The van der Waals surface area contributed by atoms with Crippen LogP contribution in [-0.4, -0.2) is 22.4 Å². The summed E-state index contributed by atoms with van der Waals surface area (Å²) in [7, 11) is 0. The largest absolute Gasteiger partial charge is 0.324 e. The van der Waals surface area contributed by atoms with E-state index in [2.05, 4.69) is 54.3 Å². The van der Waals surface area contributed by atoms with Gasteiger partial charge in [-0.15, -0.1) is 0 Å². The molecule has 2 heterocycles. The van der Waals surface area contributed by atoms with Crippen LogP contribution in [0.25, 0.3) is 0 Å². The Bertz CT molecular complexity index is 1050. The highest BCUT2D eigenvalue weighted by Crippen LogP contribution is 2.29. The van der Waals surface area contributed by atoms with Crippen molar-refractivity contribution in [1.82, 2.24) is 9.97 Å². The minimum atomic E-state index is -0.0911. The Morgan fingerprint density at radius 3 is 2.48 bits per heavy atom. The third-order valence-electron chi connectivity index (χ3n) is 5.21. The van der Waals surface area contributed by atoms with Crippen LogP contribution in [0.3, 0.4) is 0 Å². The Labute approximate surface area is 171 Å². The molecule has 0 spiro atoms. The molecule has 5 nitrogen and oxygen atoms in total. The summed E-state index contributed by atoms with van der Waals surface area (Å²) in [6, 6.07) is 18.0. The first-order valence-corrected chi connectivity index (χ1v) is 9.94. The molecule has 0 saturated carbocycles. The van der Waals surface area contributed by atoms with E-state index >= 15 is 0 Å². The van der Waals surface area contributed by atoms with E-state index in [1.807, 2.05) is 37.3 Å². The molecule has 3 aromatic rings. The van der Waals surface area contributed by atoms with Crippen molar-refractivity contribution in [2.24, 2.45) is 0 Å². The Morgan fingerprint density at radius 2 is 1.76 bits per heavy atom. The first-order chi connectivity index (χ1) is 13.8. The van der Waals surface area contributed by atoms with Gasteiger partial charge in [0.1, 0.15) is 5.69 Å². The molecule has 5 heteroatoms. The maximum Gasteiger partial charge on any atom is 0.277 e.